The molecule has 1 amide bonds. The lowest BCUT2D eigenvalue weighted by atomic mass is 10.1. The number of rotatable bonds is 1. The molecule has 0 saturated heterocycles. The first-order chi connectivity index (χ1) is 10.1. The first-order valence-corrected chi connectivity index (χ1v) is 8.43. The topological polar surface area (TPSA) is 52.6 Å². The monoisotopic (exact) mass is 364 g/mol. The molecule has 0 saturated carbocycles. The van der Waals surface area contributed by atoms with Crippen molar-refractivity contribution in [3.8, 4) is 0 Å². The largest absolute Gasteiger partial charge is 0.378 e. The molecule has 1 atom stereocenters. The van der Waals surface area contributed by atoms with Crippen molar-refractivity contribution in [2.45, 2.75) is 19.1 Å². The van der Waals surface area contributed by atoms with Crippen molar-refractivity contribution in [2.24, 2.45) is 0 Å². The summed E-state index contributed by atoms with van der Waals surface area (Å²) in [6.07, 6.45) is -0.0129. The number of halogens is 1. The first-order valence-electron chi connectivity index (χ1n) is 6.76. The molecule has 2 aliphatic heterocycles. The van der Waals surface area contributed by atoms with Crippen LogP contribution in [0.1, 0.15) is 22.1 Å². The Kier molecular flexibility index (Phi) is 3.06. The number of nitrogens with zero attached hydrogens (tertiary/aromatic N) is 1. The Bertz CT molecular complexity index is 743. The van der Waals surface area contributed by atoms with E-state index in [-0.39, 0.29) is 5.91 Å². The van der Waals surface area contributed by atoms with Crippen molar-refractivity contribution >= 4 is 44.5 Å². The van der Waals surface area contributed by atoms with E-state index in [1.54, 1.807) is 0 Å². The number of fused-ring (bicyclic) bond motifs is 2. The quantitative estimate of drug-likeness (QED) is 0.817. The van der Waals surface area contributed by atoms with Gasteiger partial charge in [0.25, 0.3) is 5.91 Å². The molecule has 4 nitrogen and oxygen atoms in total. The van der Waals surface area contributed by atoms with E-state index in [9.17, 15) is 9.90 Å². The van der Waals surface area contributed by atoms with E-state index in [2.05, 4.69) is 37.6 Å². The number of hydrogen-bond donors (Lipinski definition) is 2. The van der Waals surface area contributed by atoms with Gasteiger partial charge >= 0.3 is 0 Å². The number of nitrogens with one attached hydrogen (secondary N) is 1. The van der Waals surface area contributed by atoms with Gasteiger partial charge in [-0.05, 0) is 51.5 Å². The van der Waals surface area contributed by atoms with Crippen LogP contribution in [0.5, 0.6) is 0 Å². The predicted octanol–water partition coefficient (Wildman–Crippen LogP) is 3.06. The van der Waals surface area contributed by atoms with Gasteiger partial charge in [0.1, 0.15) is 0 Å². The summed E-state index contributed by atoms with van der Waals surface area (Å²) in [5.74, 6) is -0.354. The Balaban J connectivity index is 1.71. The number of aliphatic hydroxyl groups is 1. The molecule has 1 aromatic carbocycles. The lowest BCUT2D eigenvalue weighted by molar-refractivity contribution is -0.123. The number of aliphatic hydroxyl groups excluding tert-OH is 1. The minimum absolute atomic E-state index is 0.354. The van der Waals surface area contributed by atoms with E-state index in [1.165, 1.54) is 10.4 Å². The summed E-state index contributed by atoms with van der Waals surface area (Å²) in [4.78, 5) is 15.3. The fourth-order valence-electron chi connectivity index (χ4n) is 2.95. The molecule has 0 radical (unpaired) electrons. The number of anilines is 2. The highest BCUT2D eigenvalue weighted by Gasteiger charge is 2.30. The van der Waals surface area contributed by atoms with Crippen LogP contribution < -0.4 is 10.2 Å². The van der Waals surface area contributed by atoms with Crippen LogP contribution in [0.15, 0.2) is 28.1 Å². The minimum atomic E-state index is -1.06. The average molecular weight is 365 g/mol. The first kappa shape index (κ1) is 13.3. The van der Waals surface area contributed by atoms with Crippen molar-refractivity contribution in [3.63, 3.8) is 0 Å². The van der Waals surface area contributed by atoms with Gasteiger partial charge in [-0.15, -0.1) is 11.3 Å². The van der Waals surface area contributed by atoms with E-state index in [4.69, 9.17) is 0 Å². The van der Waals surface area contributed by atoms with Crippen molar-refractivity contribution in [1.82, 2.24) is 0 Å². The van der Waals surface area contributed by atoms with Crippen molar-refractivity contribution in [2.75, 3.05) is 16.8 Å². The van der Waals surface area contributed by atoms with E-state index in [0.717, 1.165) is 29.7 Å². The van der Waals surface area contributed by atoms with Crippen LogP contribution in [0.2, 0.25) is 0 Å². The standard InChI is InChI=1S/C15H13BrN2O2S/c16-10-5-9-11(17-15(20)14(9)19)6-12(10)18-3-1-13-8(7-18)2-4-21-13/h2,4-6,14,19H,1,3,7H2,(H,17,20). The lowest BCUT2D eigenvalue weighted by Crippen LogP contribution is -2.29. The highest BCUT2D eigenvalue weighted by molar-refractivity contribution is 9.10. The number of benzene rings is 1. The van der Waals surface area contributed by atoms with Gasteiger partial charge in [-0.25, -0.2) is 0 Å². The van der Waals surface area contributed by atoms with Gasteiger partial charge in [-0.3, -0.25) is 4.79 Å². The molecule has 0 fully saturated rings. The molecule has 21 heavy (non-hydrogen) atoms. The number of carbonyl (C=O) groups excluding carboxylic acids is 1. The second-order valence-corrected chi connectivity index (χ2v) is 7.18. The zero-order valence-electron chi connectivity index (χ0n) is 11.1. The maximum atomic E-state index is 11.6. The van der Waals surface area contributed by atoms with Crippen LogP contribution in [0.4, 0.5) is 11.4 Å². The highest BCUT2D eigenvalue weighted by Crippen LogP contribution is 2.40. The number of hydrogen-bond acceptors (Lipinski definition) is 4. The maximum Gasteiger partial charge on any atom is 0.257 e. The van der Waals surface area contributed by atoms with Crippen LogP contribution in [-0.2, 0) is 17.8 Å². The number of carbonyl (C=O) groups is 1. The zero-order valence-corrected chi connectivity index (χ0v) is 13.5. The van der Waals surface area contributed by atoms with Gasteiger partial charge in [-0.1, -0.05) is 0 Å². The SMILES string of the molecule is O=C1Nc2cc(N3CCc4sccc4C3)c(Br)cc2C1O. The second kappa shape index (κ2) is 4.83. The molecular weight excluding hydrogens is 352 g/mol. The van der Waals surface area contributed by atoms with Gasteiger partial charge in [-0.2, -0.15) is 0 Å². The molecule has 1 unspecified atom stereocenters. The fraction of sp³-hybridized carbons (Fsp3) is 0.267. The molecule has 0 bridgehead atoms. The molecule has 3 heterocycles. The summed E-state index contributed by atoms with van der Waals surface area (Å²) < 4.78 is 0.912. The third-order valence-corrected chi connectivity index (χ3v) is 5.73. The highest BCUT2D eigenvalue weighted by atomic mass is 79.9. The maximum absolute atomic E-state index is 11.6. The van der Waals surface area contributed by atoms with Gasteiger partial charge in [0.2, 0.25) is 0 Å². The van der Waals surface area contributed by atoms with Crippen molar-refractivity contribution in [1.29, 1.82) is 0 Å². The van der Waals surface area contributed by atoms with Crippen LogP contribution in [0.3, 0.4) is 0 Å². The van der Waals surface area contributed by atoms with Crippen LogP contribution in [0.25, 0.3) is 0 Å². The fourth-order valence-corrected chi connectivity index (χ4v) is 4.45. The summed E-state index contributed by atoms with van der Waals surface area (Å²) in [5.41, 5.74) is 3.79. The van der Waals surface area contributed by atoms with Crippen molar-refractivity contribution in [3.05, 3.63) is 44.1 Å². The molecule has 0 aliphatic carbocycles. The average Bonchev–Trinajstić information content (AvgIpc) is 3.04. The van der Waals surface area contributed by atoms with E-state index >= 15 is 0 Å². The summed E-state index contributed by atoms with van der Waals surface area (Å²) in [5, 5.41) is 14.7. The molecule has 4 rings (SSSR count). The molecule has 2 aliphatic rings. The van der Waals surface area contributed by atoms with Gasteiger partial charge in [0, 0.05) is 33.7 Å². The smallest absolute Gasteiger partial charge is 0.257 e. The van der Waals surface area contributed by atoms with Crippen molar-refractivity contribution < 1.29 is 9.90 Å². The van der Waals surface area contributed by atoms with Gasteiger partial charge < -0.3 is 15.3 Å². The lowest BCUT2D eigenvalue weighted by Gasteiger charge is -2.30. The number of amides is 1. The minimum Gasteiger partial charge on any atom is -0.378 e. The van der Waals surface area contributed by atoms with Crippen LogP contribution >= 0.6 is 27.3 Å². The Morgan fingerprint density at radius 3 is 3.14 bits per heavy atom. The Morgan fingerprint density at radius 1 is 1.43 bits per heavy atom. The summed E-state index contributed by atoms with van der Waals surface area (Å²) >= 11 is 5.39. The molecule has 0 spiro atoms. The van der Waals surface area contributed by atoms with E-state index < -0.39 is 6.10 Å². The van der Waals surface area contributed by atoms with Crippen LogP contribution in [-0.4, -0.2) is 17.6 Å². The summed E-state index contributed by atoms with van der Waals surface area (Å²) in [6.45, 7) is 1.84. The molecule has 6 heteroatoms. The van der Waals surface area contributed by atoms with Crippen LogP contribution in [0, 0.1) is 0 Å². The van der Waals surface area contributed by atoms with Gasteiger partial charge in [0.15, 0.2) is 6.10 Å². The second-order valence-electron chi connectivity index (χ2n) is 5.32. The zero-order chi connectivity index (χ0) is 14.6. The molecule has 108 valence electrons. The Morgan fingerprint density at radius 2 is 2.29 bits per heavy atom. The molecular formula is C15H13BrN2O2S. The van der Waals surface area contributed by atoms with E-state index in [1.807, 2.05) is 23.5 Å². The predicted molar refractivity (Wildman–Crippen MR) is 86.8 cm³/mol. The normalized spacial score (nSPS) is 20.2. The Hall–Kier alpha value is -1.37. The van der Waals surface area contributed by atoms with Gasteiger partial charge in [0.05, 0.1) is 5.69 Å². The number of thiophene rings is 1. The molecule has 2 aromatic rings. The molecule has 1 aromatic heterocycles. The van der Waals surface area contributed by atoms with E-state index in [0.29, 0.717) is 11.3 Å². The third kappa shape index (κ3) is 2.09. The summed E-state index contributed by atoms with van der Waals surface area (Å²) in [7, 11) is 0. The molecule has 2 N–H and O–H groups in total. The summed E-state index contributed by atoms with van der Waals surface area (Å²) in [6, 6.07) is 5.97. The Labute approximate surface area is 134 Å². The third-order valence-electron chi connectivity index (χ3n) is 4.07.